The minimum absolute atomic E-state index is 0.0424. The molecule has 0 bridgehead atoms. The standard InChI is InChI=1S/C13H15NO/c1-8(2)11-7-10-4-5-13(15)14-12(10)6-9(11)3/h4-8H,1-3H3,(H,14,15). The van der Waals surface area contributed by atoms with Crippen LogP contribution < -0.4 is 5.56 Å². The molecule has 1 heterocycles. The van der Waals surface area contributed by atoms with E-state index in [0.717, 1.165) is 10.9 Å². The molecule has 1 N–H and O–H groups in total. The van der Waals surface area contributed by atoms with Gasteiger partial charge in [0.1, 0.15) is 0 Å². The van der Waals surface area contributed by atoms with Crippen LogP contribution in [0.1, 0.15) is 30.9 Å². The van der Waals surface area contributed by atoms with Crippen molar-refractivity contribution >= 4 is 10.9 Å². The summed E-state index contributed by atoms with van der Waals surface area (Å²) in [6.07, 6.45) is 0. The summed E-state index contributed by atoms with van der Waals surface area (Å²) >= 11 is 0. The summed E-state index contributed by atoms with van der Waals surface area (Å²) in [7, 11) is 0. The summed E-state index contributed by atoms with van der Waals surface area (Å²) in [5.41, 5.74) is 3.46. The molecule has 0 unspecified atom stereocenters. The van der Waals surface area contributed by atoms with Gasteiger partial charge in [0.2, 0.25) is 5.56 Å². The minimum atomic E-state index is -0.0424. The molecule has 1 aromatic heterocycles. The molecule has 0 saturated carbocycles. The summed E-state index contributed by atoms with van der Waals surface area (Å²) in [5.74, 6) is 0.515. The number of hydrogen-bond acceptors (Lipinski definition) is 1. The molecule has 0 aliphatic heterocycles. The summed E-state index contributed by atoms with van der Waals surface area (Å²) in [4.78, 5) is 14.0. The van der Waals surface area contributed by atoms with Crippen LogP contribution in [0.2, 0.25) is 0 Å². The highest BCUT2D eigenvalue weighted by Crippen LogP contribution is 2.23. The topological polar surface area (TPSA) is 32.9 Å². The number of rotatable bonds is 1. The Bertz CT molecular complexity index is 552. The molecule has 2 nitrogen and oxygen atoms in total. The molecule has 0 radical (unpaired) electrons. The predicted molar refractivity (Wildman–Crippen MR) is 63.4 cm³/mol. The van der Waals surface area contributed by atoms with Crippen molar-refractivity contribution in [3.8, 4) is 0 Å². The van der Waals surface area contributed by atoms with Crippen LogP contribution >= 0.6 is 0 Å². The average Bonchev–Trinajstić information content (AvgIpc) is 2.15. The number of benzene rings is 1. The Morgan fingerprint density at radius 2 is 1.93 bits per heavy atom. The third-order valence-corrected chi connectivity index (χ3v) is 2.73. The molecule has 0 amide bonds. The number of fused-ring (bicyclic) bond motifs is 1. The lowest BCUT2D eigenvalue weighted by Gasteiger charge is -2.10. The molecule has 0 aliphatic carbocycles. The Morgan fingerprint density at radius 1 is 1.20 bits per heavy atom. The van der Waals surface area contributed by atoms with Crippen molar-refractivity contribution < 1.29 is 0 Å². The second-order valence-corrected chi connectivity index (χ2v) is 4.27. The van der Waals surface area contributed by atoms with Crippen molar-refractivity contribution in [2.24, 2.45) is 0 Å². The second-order valence-electron chi connectivity index (χ2n) is 4.27. The summed E-state index contributed by atoms with van der Waals surface area (Å²) < 4.78 is 0. The molecule has 0 fully saturated rings. The Hall–Kier alpha value is -1.57. The van der Waals surface area contributed by atoms with Crippen LogP contribution in [-0.2, 0) is 0 Å². The molecular formula is C13H15NO. The number of aromatic amines is 1. The summed E-state index contributed by atoms with van der Waals surface area (Å²) in [6.45, 7) is 6.44. The van der Waals surface area contributed by atoms with Crippen LogP contribution in [0.25, 0.3) is 10.9 Å². The van der Waals surface area contributed by atoms with Crippen LogP contribution in [0.3, 0.4) is 0 Å². The molecule has 0 saturated heterocycles. The zero-order chi connectivity index (χ0) is 11.0. The van der Waals surface area contributed by atoms with Gasteiger partial charge in [-0.15, -0.1) is 0 Å². The quantitative estimate of drug-likeness (QED) is 0.756. The Balaban J connectivity index is 2.76. The van der Waals surface area contributed by atoms with Crippen molar-refractivity contribution in [3.63, 3.8) is 0 Å². The molecule has 1 aromatic carbocycles. The fourth-order valence-electron chi connectivity index (χ4n) is 1.95. The van der Waals surface area contributed by atoms with E-state index in [2.05, 4.69) is 31.8 Å². The van der Waals surface area contributed by atoms with Crippen LogP contribution in [-0.4, -0.2) is 4.98 Å². The van der Waals surface area contributed by atoms with E-state index in [1.54, 1.807) is 6.07 Å². The van der Waals surface area contributed by atoms with E-state index in [-0.39, 0.29) is 5.56 Å². The lowest BCUT2D eigenvalue weighted by Crippen LogP contribution is -2.03. The number of aromatic nitrogens is 1. The van der Waals surface area contributed by atoms with Gasteiger partial charge in [-0.1, -0.05) is 13.8 Å². The maximum atomic E-state index is 11.2. The van der Waals surface area contributed by atoms with Crippen LogP contribution in [0, 0.1) is 6.92 Å². The first-order chi connectivity index (χ1) is 7.08. The molecular weight excluding hydrogens is 186 g/mol. The van der Waals surface area contributed by atoms with E-state index in [9.17, 15) is 4.79 Å². The lowest BCUT2D eigenvalue weighted by molar-refractivity contribution is 0.858. The Kier molecular flexibility index (Phi) is 2.35. The van der Waals surface area contributed by atoms with Gasteiger partial charge in [-0.3, -0.25) is 4.79 Å². The molecule has 78 valence electrons. The van der Waals surface area contributed by atoms with E-state index in [0.29, 0.717) is 5.92 Å². The van der Waals surface area contributed by atoms with Gasteiger partial charge in [-0.05, 0) is 47.6 Å². The van der Waals surface area contributed by atoms with E-state index >= 15 is 0 Å². The number of H-pyrrole nitrogens is 1. The van der Waals surface area contributed by atoms with Crippen molar-refractivity contribution in [1.82, 2.24) is 4.98 Å². The first kappa shape index (κ1) is 9.97. The first-order valence-electron chi connectivity index (χ1n) is 5.21. The average molecular weight is 201 g/mol. The highest BCUT2D eigenvalue weighted by molar-refractivity contribution is 5.80. The van der Waals surface area contributed by atoms with Crippen molar-refractivity contribution in [1.29, 1.82) is 0 Å². The summed E-state index contributed by atoms with van der Waals surface area (Å²) in [5, 5.41) is 1.10. The smallest absolute Gasteiger partial charge is 0.248 e. The third kappa shape index (κ3) is 1.80. The molecule has 0 spiro atoms. The molecule has 0 atom stereocenters. The fourth-order valence-corrected chi connectivity index (χ4v) is 1.95. The van der Waals surface area contributed by atoms with Crippen molar-refractivity contribution in [2.45, 2.75) is 26.7 Å². The molecule has 2 aromatic rings. The van der Waals surface area contributed by atoms with E-state index in [1.165, 1.54) is 11.1 Å². The van der Waals surface area contributed by atoms with Gasteiger partial charge in [0.05, 0.1) is 0 Å². The van der Waals surface area contributed by atoms with Gasteiger partial charge in [-0.25, -0.2) is 0 Å². The molecule has 0 aliphatic rings. The van der Waals surface area contributed by atoms with Crippen LogP contribution in [0.4, 0.5) is 0 Å². The first-order valence-corrected chi connectivity index (χ1v) is 5.21. The predicted octanol–water partition coefficient (Wildman–Crippen LogP) is 2.96. The van der Waals surface area contributed by atoms with E-state index < -0.39 is 0 Å². The minimum Gasteiger partial charge on any atom is -0.322 e. The third-order valence-electron chi connectivity index (χ3n) is 2.73. The number of hydrogen-bond donors (Lipinski definition) is 1. The molecule has 2 heteroatoms. The highest BCUT2D eigenvalue weighted by Gasteiger charge is 2.05. The Morgan fingerprint density at radius 3 is 2.60 bits per heavy atom. The van der Waals surface area contributed by atoms with Crippen molar-refractivity contribution in [2.75, 3.05) is 0 Å². The van der Waals surface area contributed by atoms with E-state index in [4.69, 9.17) is 0 Å². The molecule has 2 rings (SSSR count). The SMILES string of the molecule is Cc1cc2[nH]c(=O)ccc2cc1C(C)C. The molecule has 15 heavy (non-hydrogen) atoms. The number of nitrogens with one attached hydrogen (secondary N) is 1. The van der Waals surface area contributed by atoms with Gasteiger partial charge in [0, 0.05) is 11.6 Å². The maximum absolute atomic E-state index is 11.2. The van der Waals surface area contributed by atoms with Gasteiger partial charge in [0.15, 0.2) is 0 Å². The van der Waals surface area contributed by atoms with Crippen LogP contribution in [0.5, 0.6) is 0 Å². The normalized spacial score (nSPS) is 11.2. The van der Waals surface area contributed by atoms with Gasteiger partial charge in [-0.2, -0.15) is 0 Å². The monoisotopic (exact) mass is 201 g/mol. The van der Waals surface area contributed by atoms with Gasteiger partial charge < -0.3 is 4.98 Å². The highest BCUT2D eigenvalue weighted by atomic mass is 16.1. The number of aryl methyl sites for hydroxylation is 1. The zero-order valence-corrected chi connectivity index (χ0v) is 9.29. The maximum Gasteiger partial charge on any atom is 0.248 e. The largest absolute Gasteiger partial charge is 0.322 e. The number of pyridine rings is 1. The van der Waals surface area contributed by atoms with Crippen LogP contribution in [0.15, 0.2) is 29.1 Å². The fraction of sp³-hybridized carbons (Fsp3) is 0.308. The zero-order valence-electron chi connectivity index (χ0n) is 9.29. The Labute approximate surface area is 89.0 Å². The van der Waals surface area contributed by atoms with Crippen molar-refractivity contribution in [3.05, 3.63) is 45.7 Å². The van der Waals surface area contributed by atoms with Gasteiger partial charge >= 0.3 is 0 Å². The van der Waals surface area contributed by atoms with Gasteiger partial charge in [0.25, 0.3) is 0 Å². The lowest BCUT2D eigenvalue weighted by atomic mass is 9.96. The second kappa shape index (κ2) is 3.54. The summed E-state index contributed by atoms with van der Waals surface area (Å²) in [6, 6.07) is 7.65. The van der Waals surface area contributed by atoms with E-state index in [1.807, 2.05) is 12.1 Å².